The van der Waals surface area contributed by atoms with Gasteiger partial charge in [-0.3, -0.25) is 14.8 Å². The normalized spacial score (nSPS) is 10.2. The van der Waals surface area contributed by atoms with E-state index in [1.807, 2.05) is 24.3 Å². The number of hydrogen-bond acceptors (Lipinski definition) is 5. The van der Waals surface area contributed by atoms with E-state index in [0.29, 0.717) is 23.6 Å². The zero-order valence-corrected chi connectivity index (χ0v) is 14.6. The molecule has 0 atom stereocenters. The van der Waals surface area contributed by atoms with Gasteiger partial charge in [-0.15, -0.1) is 0 Å². The minimum Gasteiger partial charge on any atom is -0.493 e. The topological polar surface area (TPSA) is 73.3 Å². The lowest BCUT2D eigenvalue weighted by Gasteiger charge is -2.11. The number of aromatic nitrogens is 2. The van der Waals surface area contributed by atoms with Crippen molar-refractivity contribution in [2.24, 2.45) is 0 Å². The number of hydrogen-bond donors (Lipinski definition) is 1. The van der Waals surface area contributed by atoms with Crippen LogP contribution in [0.2, 0.25) is 0 Å². The summed E-state index contributed by atoms with van der Waals surface area (Å²) < 4.78 is 10.4. The van der Waals surface area contributed by atoms with Crippen LogP contribution in [0, 0.1) is 0 Å². The third kappa shape index (κ3) is 3.80. The van der Waals surface area contributed by atoms with Crippen LogP contribution in [0.4, 0.5) is 0 Å². The van der Waals surface area contributed by atoms with Crippen molar-refractivity contribution in [2.75, 3.05) is 14.2 Å². The maximum absolute atomic E-state index is 12.5. The van der Waals surface area contributed by atoms with E-state index in [4.69, 9.17) is 9.47 Å². The summed E-state index contributed by atoms with van der Waals surface area (Å²) in [4.78, 5) is 21.0. The lowest BCUT2D eigenvalue weighted by molar-refractivity contribution is 0.0950. The Morgan fingerprint density at radius 1 is 1.04 bits per heavy atom. The highest BCUT2D eigenvalue weighted by molar-refractivity contribution is 5.94. The minimum absolute atomic E-state index is 0.202. The number of amides is 1. The fourth-order valence-corrected chi connectivity index (χ4v) is 2.60. The third-order valence-electron chi connectivity index (χ3n) is 3.91. The van der Waals surface area contributed by atoms with E-state index in [2.05, 4.69) is 15.3 Å². The van der Waals surface area contributed by atoms with Crippen LogP contribution in [0.1, 0.15) is 15.9 Å². The van der Waals surface area contributed by atoms with Gasteiger partial charge in [0.2, 0.25) is 0 Å². The van der Waals surface area contributed by atoms with Crippen molar-refractivity contribution >= 4 is 5.91 Å². The summed E-state index contributed by atoms with van der Waals surface area (Å²) in [6, 6.07) is 12.6. The smallest absolute Gasteiger partial charge is 0.251 e. The van der Waals surface area contributed by atoms with Gasteiger partial charge in [0.05, 0.1) is 19.9 Å². The van der Waals surface area contributed by atoms with Crippen LogP contribution in [0.15, 0.2) is 61.1 Å². The van der Waals surface area contributed by atoms with E-state index in [9.17, 15) is 4.79 Å². The predicted octanol–water partition coefficient (Wildman–Crippen LogP) is 3.09. The first kappa shape index (κ1) is 17.4. The average Bonchev–Trinajstić information content (AvgIpc) is 2.72. The second-order valence-corrected chi connectivity index (χ2v) is 5.51. The summed E-state index contributed by atoms with van der Waals surface area (Å²) in [7, 11) is 3.09. The Balaban J connectivity index is 1.77. The second kappa shape index (κ2) is 8.11. The number of benzene rings is 1. The molecule has 3 aromatic rings. The van der Waals surface area contributed by atoms with E-state index < -0.39 is 0 Å². The van der Waals surface area contributed by atoms with Crippen LogP contribution in [-0.2, 0) is 6.54 Å². The van der Waals surface area contributed by atoms with Crippen LogP contribution in [0.5, 0.6) is 11.5 Å². The Labute approximate surface area is 151 Å². The molecule has 2 heterocycles. The predicted molar refractivity (Wildman–Crippen MR) is 98.2 cm³/mol. The number of rotatable bonds is 6. The first-order valence-corrected chi connectivity index (χ1v) is 8.07. The summed E-state index contributed by atoms with van der Waals surface area (Å²) in [6.07, 6.45) is 5.19. The molecule has 0 aliphatic carbocycles. The Kier molecular flexibility index (Phi) is 5.43. The van der Waals surface area contributed by atoms with Crippen molar-refractivity contribution in [1.29, 1.82) is 0 Å². The molecule has 0 fully saturated rings. The fourth-order valence-electron chi connectivity index (χ4n) is 2.60. The second-order valence-electron chi connectivity index (χ2n) is 5.51. The molecule has 0 radical (unpaired) electrons. The standard InChI is InChI=1S/C20H19N3O3/c1-25-17-8-7-14(11-18(17)26-2)20(24)23-13-16-6-4-10-22-19(16)15-5-3-9-21-12-15/h3-12H,13H2,1-2H3,(H,23,24). The molecule has 132 valence electrons. The molecule has 26 heavy (non-hydrogen) atoms. The Morgan fingerprint density at radius 2 is 1.85 bits per heavy atom. The van der Waals surface area contributed by atoms with Gasteiger partial charge in [0.15, 0.2) is 11.5 Å². The van der Waals surface area contributed by atoms with Crippen molar-refractivity contribution in [3.8, 4) is 22.8 Å². The van der Waals surface area contributed by atoms with E-state index >= 15 is 0 Å². The third-order valence-corrected chi connectivity index (χ3v) is 3.91. The summed E-state index contributed by atoms with van der Waals surface area (Å²) in [6.45, 7) is 0.352. The van der Waals surface area contributed by atoms with E-state index in [1.54, 1.807) is 43.9 Å². The van der Waals surface area contributed by atoms with Crippen LogP contribution < -0.4 is 14.8 Å². The summed E-state index contributed by atoms with van der Waals surface area (Å²) >= 11 is 0. The van der Waals surface area contributed by atoms with E-state index in [0.717, 1.165) is 16.8 Å². The zero-order valence-electron chi connectivity index (χ0n) is 14.6. The molecule has 0 spiro atoms. The van der Waals surface area contributed by atoms with Crippen LogP contribution >= 0.6 is 0 Å². The van der Waals surface area contributed by atoms with Crippen molar-refractivity contribution in [2.45, 2.75) is 6.54 Å². The number of carbonyl (C=O) groups excluding carboxylic acids is 1. The molecular weight excluding hydrogens is 330 g/mol. The molecule has 2 aromatic heterocycles. The van der Waals surface area contributed by atoms with Crippen LogP contribution in [-0.4, -0.2) is 30.1 Å². The van der Waals surface area contributed by atoms with Crippen molar-refractivity contribution in [3.05, 3.63) is 72.2 Å². The maximum Gasteiger partial charge on any atom is 0.251 e. The SMILES string of the molecule is COc1ccc(C(=O)NCc2cccnc2-c2cccnc2)cc1OC. The van der Waals surface area contributed by atoms with Gasteiger partial charge in [-0.1, -0.05) is 6.07 Å². The lowest BCUT2D eigenvalue weighted by atomic mass is 10.1. The van der Waals surface area contributed by atoms with Crippen molar-refractivity contribution < 1.29 is 14.3 Å². The first-order valence-electron chi connectivity index (χ1n) is 8.07. The molecule has 0 saturated carbocycles. The molecule has 0 saturated heterocycles. The molecule has 3 rings (SSSR count). The number of methoxy groups -OCH3 is 2. The number of carbonyl (C=O) groups is 1. The fraction of sp³-hybridized carbons (Fsp3) is 0.150. The van der Waals surface area contributed by atoms with Crippen molar-refractivity contribution in [3.63, 3.8) is 0 Å². The number of nitrogens with zero attached hydrogens (tertiary/aromatic N) is 2. The van der Waals surface area contributed by atoms with E-state index in [-0.39, 0.29) is 5.91 Å². The van der Waals surface area contributed by atoms with Crippen molar-refractivity contribution in [1.82, 2.24) is 15.3 Å². The zero-order chi connectivity index (χ0) is 18.4. The Morgan fingerprint density at radius 3 is 2.58 bits per heavy atom. The molecule has 1 N–H and O–H groups in total. The summed E-state index contributed by atoms with van der Waals surface area (Å²) in [5.41, 5.74) is 3.11. The monoisotopic (exact) mass is 349 g/mol. The first-order chi connectivity index (χ1) is 12.7. The Bertz CT molecular complexity index is 898. The molecule has 0 bridgehead atoms. The maximum atomic E-state index is 12.5. The molecule has 0 unspecified atom stereocenters. The van der Waals surface area contributed by atoms with Gasteiger partial charge in [0.1, 0.15) is 0 Å². The van der Waals surface area contributed by atoms with Gasteiger partial charge in [-0.25, -0.2) is 0 Å². The number of nitrogens with one attached hydrogen (secondary N) is 1. The molecule has 1 aromatic carbocycles. The largest absolute Gasteiger partial charge is 0.493 e. The highest BCUT2D eigenvalue weighted by atomic mass is 16.5. The number of ether oxygens (including phenoxy) is 2. The van der Waals surface area contributed by atoms with Gasteiger partial charge in [-0.05, 0) is 42.0 Å². The van der Waals surface area contributed by atoms with Crippen LogP contribution in [0.25, 0.3) is 11.3 Å². The van der Waals surface area contributed by atoms with Gasteiger partial charge >= 0.3 is 0 Å². The molecule has 0 aliphatic heterocycles. The van der Waals surface area contributed by atoms with Crippen LogP contribution in [0.3, 0.4) is 0 Å². The lowest BCUT2D eigenvalue weighted by Crippen LogP contribution is -2.23. The summed E-state index contributed by atoms with van der Waals surface area (Å²) in [5, 5.41) is 2.92. The van der Waals surface area contributed by atoms with Gasteiger partial charge in [0, 0.05) is 36.3 Å². The van der Waals surface area contributed by atoms with Gasteiger partial charge in [-0.2, -0.15) is 0 Å². The molecule has 0 aliphatic rings. The minimum atomic E-state index is -0.202. The highest BCUT2D eigenvalue weighted by Gasteiger charge is 2.12. The van der Waals surface area contributed by atoms with Gasteiger partial charge < -0.3 is 14.8 Å². The average molecular weight is 349 g/mol. The Hall–Kier alpha value is -3.41. The highest BCUT2D eigenvalue weighted by Crippen LogP contribution is 2.27. The molecule has 6 heteroatoms. The van der Waals surface area contributed by atoms with E-state index in [1.165, 1.54) is 7.11 Å². The molecular formula is C20H19N3O3. The summed E-state index contributed by atoms with van der Waals surface area (Å²) in [5.74, 6) is 0.889. The molecule has 6 nitrogen and oxygen atoms in total. The number of pyridine rings is 2. The quantitative estimate of drug-likeness (QED) is 0.740. The van der Waals surface area contributed by atoms with Gasteiger partial charge in [0.25, 0.3) is 5.91 Å². The molecule has 1 amide bonds.